The van der Waals surface area contributed by atoms with E-state index in [-0.39, 0.29) is 19.8 Å². The highest BCUT2D eigenvalue weighted by molar-refractivity contribution is 9.10. The monoisotopic (exact) mass is 629 g/mol. The van der Waals surface area contributed by atoms with E-state index < -0.39 is 18.6 Å². The van der Waals surface area contributed by atoms with Gasteiger partial charge in [0.25, 0.3) is 0 Å². The van der Waals surface area contributed by atoms with Crippen LogP contribution in [-0.2, 0) is 24.6 Å². The molecule has 5 aromatic rings. The average Bonchev–Trinajstić information content (AvgIpc) is 3.51. The number of aliphatic hydroxyl groups is 1. The van der Waals surface area contributed by atoms with Crippen LogP contribution in [0.3, 0.4) is 0 Å². The van der Waals surface area contributed by atoms with Crippen LogP contribution < -0.4 is 14.8 Å². The van der Waals surface area contributed by atoms with E-state index in [4.69, 9.17) is 14.1 Å². The van der Waals surface area contributed by atoms with Gasteiger partial charge in [0.1, 0.15) is 36.6 Å². The number of nitrogens with zero attached hydrogens (tertiary/aromatic N) is 4. The predicted molar refractivity (Wildman–Crippen MR) is 154 cm³/mol. The van der Waals surface area contributed by atoms with Crippen molar-refractivity contribution in [1.82, 2.24) is 20.6 Å². The molecule has 0 radical (unpaired) electrons. The molecule has 12 heteroatoms. The fourth-order valence-corrected chi connectivity index (χ4v) is 4.89. The molecule has 42 heavy (non-hydrogen) atoms. The van der Waals surface area contributed by atoms with Gasteiger partial charge in [-0.2, -0.15) is 5.26 Å². The van der Waals surface area contributed by atoms with Crippen molar-refractivity contribution in [1.29, 1.82) is 5.26 Å². The minimum Gasteiger partial charge on any atom is -0.488 e. The Bertz CT molecular complexity index is 1750. The van der Waals surface area contributed by atoms with Crippen molar-refractivity contribution < 1.29 is 29.1 Å². The van der Waals surface area contributed by atoms with Crippen molar-refractivity contribution in [2.75, 3.05) is 6.61 Å². The Hall–Kier alpha value is -4.83. The van der Waals surface area contributed by atoms with Gasteiger partial charge in [0.05, 0.1) is 12.2 Å². The van der Waals surface area contributed by atoms with Crippen LogP contribution in [-0.4, -0.2) is 44.1 Å². The predicted octanol–water partition coefficient (Wildman–Crippen LogP) is 4.61. The first kappa shape index (κ1) is 28.7. The molecule has 3 N–H and O–H groups in total. The van der Waals surface area contributed by atoms with E-state index in [1.165, 1.54) is 6.20 Å². The number of carboxylic acids is 1. The zero-order valence-electron chi connectivity index (χ0n) is 22.0. The Labute approximate surface area is 248 Å². The van der Waals surface area contributed by atoms with Gasteiger partial charge in [0, 0.05) is 46.2 Å². The van der Waals surface area contributed by atoms with Crippen LogP contribution >= 0.6 is 15.9 Å². The van der Waals surface area contributed by atoms with Gasteiger partial charge >= 0.3 is 5.97 Å². The molecule has 11 nitrogen and oxygen atoms in total. The number of nitriles is 1. The Balaban J connectivity index is 1.47. The lowest BCUT2D eigenvalue weighted by atomic mass is 10.0. The van der Waals surface area contributed by atoms with Crippen molar-refractivity contribution in [2.45, 2.75) is 25.8 Å². The lowest BCUT2D eigenvalue weighted by Crippen LogP contribution is -2.39. The summed E-state index contributed by atoms with van der Waals surface area (Å²) < 4.78 is 18.3. The van der Waals surface area contributed by atoms with E-state index in [0.717, 1.165) is 21.2 Å². The standard InChI is InChI=1S/C30H24BrN5O6/c31-27-21(7-4-8-22(27)20-5-2-1-3-6-20)17-41-26-10-25(40-16-19-9-18(11-32)12-33-13-19)23(28-29(26)36-42-35-28)14-34-24(15-37)30(38)39/h1-10,12-13,24,34,37H,14-17H2,(H,38,39)/t24-/m1/s1. The van der Waals surface area contributed by atoms with Crippen molar-refractivity contribution >= 4 is 32.9 Å². The second kappa shape index (κ2) is 13.2. The maximum Gasteiger partial charge on any atom is 0.323 e. The van der Waals surface area contributed by atoms with E-state index in [9.17, 15) is 20.3 Å². The fraction of sp³-hybridized carbons (Fsp3) is 0.167. The number of fused-ring (bicyclic) bond motifs is 1. The number of pyridine rings is 1. The number of rotatable bonds is 12. The zero-order valence-corrected chi connectivity index (χ0v) is 23.6. The van der Waals surface area contributed by atoms with Crippen LogP contribution in [0.4, 0.5) is 0 Å². The van der Waals surface area contributed by atoms with Crippen molar-refractivity contribution in [3.8, 4) is 28.7 Å². The average molecular weight is 630 g/mol. The lowest BCUT2D eigenvalue weighted by Gasteiger charge is -2.17. The Morgan fingerprint density at radius 2 is 1.81 bits per heavy atom. The third-order valence-electron chi connectivity index (χ3n) is 6.44. The van der Waals surface area contributed by atoms with Crippen molar-refractivity contribution in [2.24, 2.45) is 0 Å². The van der Waals surface area contributed by atoms with Gasteiger partial charge in [0.15, 0.2) is 11.3 Å². The molecule has 212 valence electrons. The minimum absolute atomic E-state index is 0.0288. The molecule has 0 saturated carbocycles. The molecule has 0 aliphatic carbocycles. The number of nitrogens with one attached hydrogen (secondary N) is 1. The first-order chi connectivity index (χ1) is 20.5. The number of benzene rings is 3. The summed E-state index contributed by atoms with van der Waals surface area (Å²) in [7, 11) is 0. The molecule has 0 saturated heterocycles. The molecule has 2 aromatic heterocycles. The topological polar surface area (TPSA) is 164 Å². The lowest BCUT2D eigenvalue weighted by molar-refractivity contribution is -0.140. The summed E-state index contributed by atoms with van der Waals surface area (Å²) in [4.78, 5) is 15.5. The molecule has 0 aliphatic heterocycles. The molecular weight excluding hydrogens is 606 g/mol. The number of aliphatic hydroxyl groups excluding tert-OH is 1. The second-order valence-corrected chi connectivity index (χ2v) is 9.98. The fourth-order valence-electron chi connectivity index (χ4n) is 4.28. The third kappa shape index (κ3) is 6.39. The number of hydrogen-bond donors (Lipinski definition) is 3. The number of halogens is 1. The van der Waals surface area contributed by atoms with E-state index >= 15 is 0 Å². The number of ether oxygens (including phenoxy) is 2. The molecule has 2 heterocycles. The second-order valence-electron chi connectivity index (χ2n) is 9.18. The van der Waals surface area contributed by atoms with Gasteiger partial charge < -0.3 is 19.7 Å². The van der Waals surface area contributed by atoms with Crippen LogP contribution in [0, 0.1) is 11.3 Å². The molecule has 0 bridgehead atoms. The third-order valence-corrected chi connectivity index (χ3v) is 7.37. The Morgan fingerprint density at radius 1 is 1.02 bits per heavy atom. The molecule has 0 amide bonds. The van der Waals surface area contributed by atoms with Gasteiger partial charge in [-0.15, -0.1) is 0 Å². The first-order valence-corrected chi connectivity index (χ1v) is 13.6. The SMILES string of the molecule is N#Cc1cncc(COc2cc(OCc3cccc(-c4ccccc4)c3Br)c3nonc3c2CN[C@H](CO)C(=O)O)c1. The van der Waals surface area contributed by atoms with Crippen molar-refractivity contribution in [3.05, 3.63) is 99.8 Å². The van der Waals surface area contributed by atoms with E-state index in [1.807, 2.05) is 54.6 Å². The van der Waals surface area contributed by atoms with Crippen LogP contribution in [0.25, 0.3) is 22.2 Å². The molecule has 1 atom stereocenters. The largest absolute Gasteiger partial charge is 0.488 e. The number of hydrogen-bond acceptors (Lipinski definition) is 10. The zero-order chi connectivity index (χ0) is 29.5. The Kier molecular flexibility index (Phi) is 9.03. The van der Waals surface area contributed by atoms with Crippen LogP contribution in [0.5, 0.6) is 11.5 Å². The summed E-state index contributed by atoms with van der Waals surface area (Å²) in [5.41, 5.74) is 5.06. The smallest absolute Gasteiger partial charge is 0.323 e. The highest BCUT2D eigenvalue weighted by Gasteiger charge is 2.23. The molecule has 0 aliphatic rings. The highest BCUT2D eigenvalue weighted by atomic mass is 79.9. The van der Waals surface area contributed by atoms with Gasteiger partial charge in [-0.3, -0.25) is 15.1 Å². The van der Waals surface area contributed by atoms with Gasteiger partial charge in [-0.1, -0.05) is 48.5 Å². The summed E-state index contributed by atoms with van der Waals surface area (Å²) in [6, 6.07) is 20.0. The van der Waals surface area contributed by atoms with E-state index in [2.05, 4.69) is 36.5 Å². The Morgan fingerprint density at radius 3 is 2.57 bits per heavy atom. The van der Waals surface area contributed by atoms with Gasteiger partial charge in [-0.25, -0.2) is 4.63 Å². The van der Waals surface area contributed by atoms with Crippen LogP contribution in [0.2, 0.25) is 0 Å². The molecule has 0 unspecified atom stereocenters. The summed E-state index contributed by atoms with van der Waals surface area (Å²) in [6.07, 6.45) is 3.03. The van der Waals surface area contributed by atoms with Gasteiger partial charge in [-0.05, 0) is 43.4 Å². The first-order valence-electron chi connectivity index (χ1n) is 12.8. The normalized spacial score (nSPS) is 11.6. The van der Waals surface area contributed by atoms with Crippen LogP contribution in [0.1, 0.15) is 22.3 Å². The number of aromatic nitrogens is 3. The van der Waals surface area contributed by atoms with Gasteiger partial charge in [0.2, 0.25) is 0 Å². The minimum atomic E-state index is -1.21. The van der Waals surface area contributed by atoms with E-state index in [0.29, 0.717) is 39.2 Å². The highest BCUT2D eigenvalue weighted by Crippen LogP contribution is 2.36. The molecule has 5 rings (SSSR count). The quantitative estimate of drug-likeness (QED) is 0.176. The number of carbonyl (C=O) groups is 1. The molecular formula is C30H24BrN5O6. The molecule has 0 spiro atoms. The molecule has 0 fully saturated rings. The van der Waals surface area contributed by atoms with Crippen LogP contribution in [0.15, 0.2) is 82.2 Å². The number of carboxylic acid groups (broad SMARTS) is 1. The maximum absolute atomic E-state index is 11.5. The summed E-state index contributed by atoms with van der Waals surface area (Å²) in [5.74, 6) is -0.553. The van der Waals surface area contributed by atoms with Crippen molar-refractivity contribution in [3.63, 3.8) is 0 Å². The summed E-state index contributed by atoms with van der Waals surface area (Å²) >= 11 is 3.72. The summed E-state index contributed by atoms with van der Waals surface area (Å²) in [5, 5.41) is 38.9. The maximum atomic E-state index is 11.5. The molecule has 3 aromatic carbocycles. The van der Waals surface area contributed by atoms with E-state index in [1.54, 1.807) is 18.3 Å². The summed E-state index contributed by atoms with van der Waals surface area (Å²) in [6.45, 7) is -0.408. The number of aliphatic carboxylic acids is 1.